The molecule has 0 atom stereocenters. The molecule has 1 fully saturated rings. The first-order chi connectivity index (χ1) is 14.0. The molecule has 0 aromatic heterocycles. The number of carbonyl (C=O) groups excluding carboxylic acids is 1. The maximum atomic E-state index is 12.8. The van der Waals surface area contributed by atoms with Crippen LogP contribution in [0.1, 0.15) is 24.8 Å². The molecule has 2 aromatic carbocycles. The number of rotatable bonds is 8. The zero-order valence-electron chi connectivity index (χ0n) is 16.7. The topological polar surface area (TPSA) is 75.7 Å². The Bertz CT molecular complexity index is 970. The second kappa shape index (κ2) is 9.65. The van der Waals surface area contributed by atoms with E-state index in [0.29, 0.717) is 30.8 Å². The van der Waals surface area contributed by atoms with Crippen LogP contribution in [0.25, 0.3) is 0 Å². The van der Waals surface area contributed by atoms with Gasteiger partial charge >= 0.3 is 0 Å². The van der Waals surface area contributed by atoms with Gasteiger partial charge in [-0.15, -0.1) is 11.8 Å². The van der Waals surface area contributed by atoms with Crippen LogP contribution in [0.4, 0.5) is 5.69 Å². The number of carbonyl (C=O) groups is 1. The number of amides is 1. The zero-order chi connectivity index (χ0) is 20.9. The van der Waals surface area contributed by atoms with Gasteiger partial charge in [-0.05, 0) is 61.4 Å². The van der Waals surface area contributed by atoms with Gasteiger partial charge in [0.2, 0.25) is 15.9 Å². The number of ether oxygens (including phenoxy) is 1. The summed E-state index contributed by atoms with van der Waals surface area (Å²) in [6.07, 6.45) is 4.36. The molecule has 0 aliphatic carbocycles. The summed E-state index contributed by atoms with van der Waals surface area (Å²) < 4.78 is 32.6. The number of benzene rings is 2. The molecule has 1 heterocycles. The van der Waals surface area contributed by atoms with Crippen LogP contribution in [0.3, 0.4) is 0 Å². The van der Waals surface area contributed by atoms with Gasteiger partial charge in [-0.2, -0.15) is 4.31 Å². The first kappa shape index (κ1) is 21.7. The van der Waals surface area contributed by atoms with E-state index in [-0.39, 0.29) is 17.2 Å². The van der Waals surface area contributed by atoms with Crippen LogP contribution < -0.4 is 10.1 Å². The number of aryl methyl sites for hydroxylation is 1. The molecule has 8 heteroatoms. The standard InChI is InChI=1S/C21H26N2O4S2/c1-27-19-11-10-17(29(25,26)23-13-5-6-14-23)15-16(19)9-12-21(24)22-18-7-3-4-8-20(18)28-2/h3-4,7-8,10-11,15H,5-6,9,12-14H2,1-2H3,(H,22,24). The van der Waals surface area contributed by atoms with Crippen LogP contribution in [0, 0.1) is 0 Å². The van der Waals surface area contributed by atoms with E-state index < -0.39 is 10.0 Å². The Morgan fingerprint density at radius 1 is 1.17 bits per heavy atom. The monoisotopic (exact) mass is 434 g/mol. The van der Waals surface area contributed by atoms with Gasteiger partial charge in [0.05, 0.1) is 17.7 Å². The summed E-state index contributed by atoms with van der Waals surface area (Å²) >= 11 is 1.57. The maximum absolute atomic E-state index is 12.8. The third-order valence-electron chi connectivity index (χ3n) is 4.96. The van der Waals surface area contributed by atoms with Gasteiger partial charge in [-0.3, -0.25) is 4.79 Å². The summed E-state index contributed by atoms with van der Waals surface area (Å²) in [5, 5.41) is 2.93. The van der Waals surface area contributed by atoms with Gasteiger partial charge in [-0.1, -0.05) is 12.1 Å². The Morgan fingerprint density at radius 3 is 2.59 bits per heavy atom. The SMILES string of the molecule is COc1ccc(S(=O)(=O)N2CCCC2)cc1CCC(=O)Nc1ccccc1SC. The maximum Gasteiger partial charge on any atom is 0.243 e. The lowest BCUT2D eigenvalue weighted by molar-refractivity contribution is -0.116. The molecule has 0 unspecified atom stereocenters. The number of nitrogens with zero attached hydrogens (tertiary/aromatic N) is 1. The summed E-state index contributed by atoms with van der Waals surface area (Å²) in [5.41, 5.74) is 1.49. The van der Waals surface area contributed by atoms with Crippen molar-refractivity contribution < 1.29 is 17.9 Å². The average Bonchev–Trinajstić information content (AvgIpc) is 3.28. The molecule has 156 valence electrons. The Morgan fingerprint density at radius 2 is 1.90 bits per heavy atom. The zero-order valence-corrected chi connectivity index (χ0v) is 18.3. The number of para-hydroxylation sites is 1. The fourth-order valence-electron chi connectivity index (χ4n) is 3.40. The molecule has 3 rings (SSSR count). The van der Waals surface area contributed by atoms with E-state index in [0.717, 1.165) is 23.4 Å². The van der Waals surface area contributed by atoms with E-state index in [1.807, 2.05) is 30.5 Å². The summed E-state index contributed by atoms with van der Waals surface area (Å²) in [4.78, 5) is 13.7. The number of hydrogen-bond donors (Lipinski definition) is 1. The van der Waals surface area contributed by atoms with Crippen LogP contribution in [-0.2, 0) is 21.2 Å². The Kier molecular flexibility index (Phi) is 7.21. The molecule has 0 radical (unpaired) electrons. The highest BCUT2D eigenvalue weighted by Crippen LogP contribution is 2.28. The minimum atomic E-state index is -3.51. The largest absolute Gasteiger partial charge is 0.496 e. The van der Waals surface area contributed by atoms with E-state index in [4.69, 9.17) is 4.74 Å². The fourth-order valence-corrected chi connectivity index (χ4v) is 5.52. The minimum Gasteiger partial charge on any atom is -0.496 e. The van der Waals surface area contributed by atoms with Crippen molar-refractivity contribution in [2.45, 2.75) is 35.5 Å². The molecular formula is C21H26N2O4S2. The van der Waals surface area contributed by atoms with Gasteiger partial charge in [0.15, 0.2) is 0 Å². The van der Waals surface area contributed by atoms with E-state index >= 15 is 0 Å². The lowest BCUT2D eigenvalue weighted by Crippen LogP contribution is -2.28. The van der Waals surface area contributed by atoms with Crippen LogP contribution in [0.2, 0.25) is 0 Å². The number of methoxy groups -OCH3 is 1. The molecule has 29 heavy (non-hydrogen) atoms. The quantitative estimate of drug-likeness (QED) is 0.640. The number of hydrogen-bond acceptors (Lipinski definition) is 5. The number of thioether (sulfide) groups is 1. The third-order valence-corrected chi connectivity index (χ3v) is 7.65. The highest BCUT2D eigenvalue weighted by Gasteiger charge is 2.27. The van der Waals surface area contributed by atoms with Crippen LogP contribution in [0.5, 0.6) is 5.75 Å². The number of anilines is 1. The molecule has 0 bridgehead atoms. The summed E-state index contributed by atoms with van der Waals surface area (Å²) in [6, 6.07) is 12.5. The molecule has 1 aliphatic heterocycles. The van der Waals surface area contributed by atoms with Crippen LogP contribution in [0.15, 0.2) is 52.3 Å². The summed E-state index contributed by atoms with van der Waals surface area (Å²) in [7, 11) is -1.96. The lowest BCUT2D eigenvalue weighted by atomic mass is 10.1. The summed E-state index contributed by atoms with van der Waals surface area (Å²) in [5.74, 6) is 0.462. The molecule has 6 nitrogen and oxygen atoms in total. The van der Waals surface area contributed by atoms with Crippen molar-refractivity contribution in [2.24, 2.45) is 0 Å². The van der Waals surface area contributed by atoms with Crippen molar-refractivity contribution in [2.75, 3.05) is 31.8 Å². The number of nitrogens with one attached hydrogen (secondary N) is 1. The fraction of sp³-hybridized carbons (Fsp3) is 0.381. The minimum absolute atomic E-state index is 0.124. The van der Waals surface area contributed by atoms with Gasteiger partial charge in [0.1, 0.15) is 5.75 Å². The molecule has 0 spiro atoms. The van der Waals surface area contributed by atoms with Gasteiger partial charge in [0.25, 0.3) is 0 Å². The highest BCUT2D eigenvalue weighted by molar-refractivity contribution is 7.98. The Labute approximate surface area is 176 Å². The lowest BCUT2D eigenvalue weighted by Gasteiger charge is -2.17. The first-order valence-electron chi connectivity index (χ1n) is 9.55. The van der Waals surface area contributed by atoms with Crippen molar-refractivity contribution in [3.8, 4) is 5.75 Å². The molecular weight excluding hydrogens is 408 g/mol. The van der Waals surface area contributed by atoms with Gasteiger partial charge in [-0.25, -0.2) is 8.42 Å². The predicted octanol–water partition coefficient (Wildman–Crippen LogP) is 3.77. The van der Waals surface area contributed by atoms with Gasteiger partial charge < -0.3 is 10.1 Å². The van der Waals surface area contributed by atoms with E-state index in [1.165, 1.54) is 4.31 Å². The third kappa shape index (κ3) is 5.12. The molecule has 1 amide bonds. The Hall–Kier alpha value is -2.03. The van der Waals surface area contributed by atoms with E-state index in [1.54, 1.807) is 37.1 Å². The molecule has 1 N–H and O–H groups in total. The molecule has 2 aromatic rings. The highest BCUT2D eigenvalue weighted by atomic mass is 32.2. The van der Waals surface area contributed by atoms with Crippen molar-refractivity contribution in [1.82, 2.24) is 4.31 Å². The second-order valence-corrected chi connectivity index (χ2v) is 9.62. The average molecular weight is 435 g/mol. The Balaban J connectivity index is 1.73. The van der Waals surface area contributed by atoms with Crippen LogP contribution in [-0.4, -0.2) is 45.1 Å². The normalized spacial score (nSPS) is 14.7. The molecule has 1 saturated heterocycles. The van der Waals surface area contributed by atoms with Crippen molar-refractivity contribution >= 4 is 33.4 Å². The van der Waals surface area contributed by atoms with Crippen molar-refractivity contribution in [3.63, 3.8) is 0 Å². The van der Waals surface area contributed by atoms with E-state index in [9.17, 15) is 13.2 Å². The first-order valence-corrected chi connectivity index (χ1v) is 12.2. The second-order valence-electron chi connectivity index (χ2n) is 6.83. The van der Waals surface area contributed by atoms with Crippen molar-refractivity contribution in [3.05, 3.63) is 48.0 Å². The predicted molar refractivity (Wildman–Crippen MR) is 116 cm³/mol. The molecule has 1 aliphatic rings. The van der Waals surface area contributed by atoms with Crippen molar-refractivity contribution in [1.29, 1.82) is 0 Å². The van der Waals surface area contributed by atoms with E-state index in [2.05, 4.69) is 5.32 Å². The molecule has 0 saturated carbocycles. The summed E-state index contributed by atoms with van der Waals surface area (Å²) in [6.45, 7) is 1.11. The van der Waals surface area contributed by atoms with Crippen LogP contribution >= 0.6 is 11.8 Å². The smallest absolute Gasteiger partial charge is 0.243 e. The number of sulfonamides is 1. The van der Waals surface area contributed by atoms with Gasteiger partial charge in [0, 0.05) is 24.4 Å².